The maximum atomic E-state index is 12.4. The van der Waals surface area contributed by atoms with Crippen molar-refractivity contribution in [3.05, 3.63) is 23.8 Å². The molecule has 6 nitrogen and oxygen atoms in total. The number of hydrogen-bond acceptors (Lipinski definition) is 5. The van der Waals surface area contributed by atoms with Gasteiger partial charge in [0.15, 0.2) is 0 Å². The Balaban J connectivity index is 1.73. The third-order valence-electron chi connectivity index (χ3n) is 4.40. The summed E-state index contributed by atoms with van der Waals surface area (Å²) in [6, 6.07) is 4.93. The van der Waals surface area contributed by atoms with Crippen molar-refractivity contribution < 1.29 is 19.0 Å². The van der Waals surface area contributed by atoms with Gasteiger partial charge in [0, 0.05) is 24.6 Å². The molecule has 1 aliphatic carbocycles. The van der Waals surface area contributed by atoms with Gasteiger partial charge in [-0.1, -0.05) is 0 Å². The average Bonchev–Trinajstić information content (AvgIpc) is 2.96. The summed E-state index contributed by atoms with van der Waals surface area (Å²) in [6.45, 7) is 0.723. The molecule has 2 fully saturated rings. The van der Waals surface area contributed by atoms with Crippen LogP contribution in [0.1, 0.15) is 16.8 Å². The van der Waals surface area contributed by atoms with Gasteiger partial charge < -0.3 is 25.3 Å². The molecule has 0 spiro atoms. The summed E-state index contributed by atoms with van der Waals surface area (Å²) in [6.07, 6.45) is 1.03. The summed E-state index contributed by atoms with van der Waals surface area (Å²) in [5.74, 6) is 1.28. The van der Waals surface area contributed by atoms with Gasteiger partial charge >= 0.3 is 0 Å². The molecule has 114 valence electrons. The standard InChI is InChI=1S/C15H20N2O4/c1-19-8-3-4-9(11(7-8)20-2)15(18)17-13-12(16)10-5-6-21-14(10)13/h3-4,7,10,12-14H,5-6,16H2,1-2H3,(H,17,18). The van der Waals surface area contributed by atoms with Crippen LogP contribution in [0, 0.1) is 5.92 Å². The average molecular weight is 292 g/mol. The summed E-state index contributed by atoms with van der Waals surface area (Å²) >= 11 is 0. The second kappa shape index (κ2) is 5.54. The summed E-state index contributed by atoms with van der Waals surface area (Å²) in [7, 11) is 3.09. The van der Waals surface area contributed by atoms with Crippen LogP contribution >= 0.6 is 0 Å². The maximum Gasteiger partial charge on any atom is 0.255 e. The van der Waals surface area contributed by atoms with Crippen LogP contribution in [0.4, 0.5) is 0 Å². The number of benzene rings is 1. The number of nitrogens with two attached hydrogens (primary N) is 1. The molecule has 0 aromatic heterocycles. The molecule has 1 amide bonds. The molecule has 1 aromatic carbocycles. The minimum absolute atomic E-state index is 0.0364. The van der Waals surface area contributed by atoms with E-state index < -0.39 is 0 Å². The van der Waals surface area contributed by atoms with E-state index in [2.05, 4.69) is 5.32 Å². The van der Waals surface area contributed by atoms with E-state index in [1.165, 1.54) is 7.11 Å². The topological polar surface area (TPSA) is 82.8 Å². The predicted octanol–water partition coefficient (Wildman–Crippen LogP) is 0.548. The summed E-state index contributed by atoms with van der Waals surface area (Å²) in [5.41, 5.74) is 6.57. The maximum absolute atomic E-state index is 12.4. The number of rotatable bonds is 4. The molecule has 1 saturated heterocycles. The van der Waals surface area contributed by atoms with Gasteiger partial charge in [-0.2, -0.15) is 0 Å². The highest BCUT2D eigenvalue weighted by Crippen LogP contribution is 2.38. The van der Waals surface area contributed by atoms with E-state index in [0.717, 1.165) is 13.0 Å². The van der Waals surface area contributed by atoms with Gasteiger partial charge in [-0.3, -0.25) is 4.79 Å². The van der Waals surface area contributed by atoms with Crippen LogP contribution in [0.15, 0.2) is 18.2 Å². The third kappa shape index (κ3) is 2.34. The lowest BCUT2D eigenvalue weighted by atomic mass is 9.72. The molecule has 3 N–H and O–H groups in total. The van der Waals surface area contributed by atoms with Crippen molar-refractivity contribution in [1.29, 1.82) is 0 Å². The minimum atomic E-state index is -0.205. The third-order valence-corrected chi connectivity index (χ3v) is 4.40. The van der Waals surface area contributed by atoms with Crippen molar-refractivity contribution in [1.82, 2.24) is 5.32 Å². The van der Waals surface area contributed by atoms with Crippen molar-refractivity contribution >= 4 is 5.91 Å². The fourth-order valence-corrected chi connectivity index (χ4v) is 3.14. The first-order chi connectivity index (χ1) is 10.2. The van der Waals surface area contributed by atoms with Crippen molar-refractivity contribution in [3.63, 3.8) is 0 Å². The Morgan fingerprint density at radius 3 is 2.90 bits per heavy atom. The molecule has 1 saturated carbocycles. The largest absolute Gasteiger partial charge is 0.497 e. The van der Waals surface area contributed by atoms with Crippen LogP contribution in [0.5, 0.6) is 11.5 Å². The van der Waals surface area contributed by atoms with Crippen LogP contribution < -0.4 is 20.5 Å². The van der Waals surface area contributed by atoms with Crippen LogP contribution in [0.2, 0.25) is 0 Å². The SMILES string of the molecule is COc1ccc(C(=O)NC2C(N)C3CCOC32)c(OC)c1. The zero-order valence-corrected chi connectivity index (χ0v) is 12.2. The fraction of sp³-hybridized carbons (Fsp3) is 0.533. The molecule has 6 heteroatoms. The van der Waals surface area contributed by atoms with Gasteiger partial charge in [-0.25, -0.2) is 0 Å². The van der Waals surface area contributed by atoms with Crippen molar-refractivity contribution in [2.45, 2.75) is 24.6 Å². The molecule has 0 bridgehead atoms. The smallest absolute Gasteiger partial charge is 0.255 e. The molecule has 4 unspecified atom stereocenters. The zero-order valence-electron chi connectivity index (χ0n) is 12.2. The number of amides is 1. The Labute approximate surface area is 123 Å². The highest BCUT2D eigenvalue weighted by molar-refractivity contribution is 5.97. The van der Waals surface area contributed by atoms with Crippen molar-refractivity contribution in [2.24, 2.45) is 11.7 Å². The summed E-state index contributed by atoms with van der Waals surface area (Å²) in [5, 5.41) is 2.96. The highest BCUT2D eigenvalue weighted by Gasteiger charge is 2.52. The number of fused-ring (bicyclic) bond motifs is 1. The molecule has 0 radical (unpaired) electrons. The van der Waals surface area contributed by atoms with Crippen LogP contribution in [-0.4, -0.2) is 44.9 Å². The van der Waals surface area contributed by atoms with Gasteiger partial charge in [0.05, 0.1) is 31.9 Å². The van der Waals surface area contributed by atoms with Crippen LogP contribution in [-0.2, 0) is 4.74 Å². The number of ether oxygens (including phenoxy) is 3. The molecule has 3 rings (SSSR count). The monoisotopic (exact) mass is 292 g/mol. The molecule has 2 aliphatic rings. The molecule has 21 heavy (non-hydrogen) atoms. The van der Waals surface area contributed by atoms with E-state index >= 15 is 0 Å². The molecule has 1 aromatic rings. The Morgan fingerprint density at radius 1 is 1.38 bits per heavy atom. The van der Waals surface area contributed by atoms with E-state index in [1.807, 2.05) is 0 Å². The number of nitrogens with one attached hydrogen (secondary N) is 1. The Hall–Kier alpha value is -1.79. The van der Waals surface area contributed by atoms with Gasteiger partial charge in [0.2, 0.25) is 0 Å². The number of carbonyl (C=O) groups excluding carboxylic acids is 1. The Morgan fingerprint density at radius 2 is 2.19 bits per heavy atom. The Bertz CT molecular complexity index is 548. The first-order valence-corrected chi connectivity index (χ1v) is 7.05. The van der Waals surface area contributed by atoms with Gasteiger partial charge in [-0.05, 0) is 18.6 Å². The highest BCUT2D eigenvalue weighted by atomic mass is 16.5. The second-order valence-electron chi connectivity index (χ2n) is 5.43. The van der Waals surface area contributed by atoms with E-state index in [9.17, 15) is 4.79 Å². The first kappa shape index (κ1) is 14.2. The zero-order chi connectivity index (χ0) is 15.0. The Kier molecular flexibility index (Phi) is 3.73. The lowest BCUT2D eigenvalue weighted by molar-refractivity contribution is -0.0161. The van der Waals surface area contributed by atoms with Gasteiger partial charge in [0.1, 0.15) is 11.5 Å². The van der Waals surface area contributed by atoms with E-state index in [0.29, 0.717) is 23.0 Å². The lowest BCUT2D eigenvalue weighted by Crippen LogP contribution is -2.68. The van der Waals surface area contributed by atoms with Crippen LogP contribution in [0.3, 0.4) is 0 Å². The molecule has 1 aliphatic heterocycles. The molecule has 1 heterocycles. The van der Waals surface area contributed by atoms with E-state index in [4.69, 9.17) is 19.9 Å². The van der Waals surface area contributed by atoms with Gasteiger partial charge in [-0.15, -0.1) is 0 Å². The lowest BCUT2D eigenvalue weighted by Gasteiger charge is -2.45. The second-order valence-corrected chi connectivity index (χ2v) is 5.43. The molecule has 4 atom stereocenters. The number of hydrogen-bond donors (Lipinski definition) is 2. The first-order valence-electron chi connectivity index (χ1n) is 7.05. The number of carbonyl (C=O) groups is 1. The van der Waals surface area contributed by atoms with Crippen molar-refractivity contribution in [3.8, 4) is 11.5 Å². The normalized spacial score (nSPS) is 30.2. The van der Waals surface area contributed by atoms with Gasteiger partial charge in [0.25, 0.3) is 5.91 Å². The summed E-state index contributed by atoms with van der Waals surface area (Å²) in [4.78, 5) is 12.4. The number of methoxy groups -OCH3 is 2. The fourth-order valence-electron chi connectivity index (χ4n) is 3.14. The molecular weight excluding hydrogens is 272 g/mol. The predicted molar refractivity (Wildman–Crippen MR) is 76.6 cm³/mol. The van der Waals surface area contributed by atoms with E-state index in [1.54, 1.807) is 25.3 Å². The molecular formula is C15H20N2O4. The quantitative estimate of drug-likeness (QED) is 0.847. The van der Waals surface area contributed by atoms with Crippen molar-refractivity contribution in [2.75, 3.05) is 20.8 Å². The minimum Gasteiger partial charge on any atom is -0.497 e. The van der Waals surface area contributed by atoms with Crippen LogP contribution in [0.25, 0.3) is 0 Å². The summed E-state index contributed by atoms with van der Waals surface area (Å²) < 4.78 is 16.0. The van der Waals surface area contributed by atoms with E-state index in [-0.39, 0.29) is 24.1 Å².